The SMILES string of the molecule is O=C(O)C(CCc1cc2nc(C(F)(F)F)ccc2[nH]1)=S(=O)=O. The third-order valence-electron chi connectivity index (χ3n) is 2.88. The summed E-state index contributed by atoms with van der Waals surface area (Å²) in [7, 11) is -2.85. The Morgan fingerprint density at radius 2 is 2.00 bits per heavy atom. The van der Waals surface area contributed by atoms with Crippen LogP contribution in [-0.4, -0.2) is 34.3 Å². The average molecular weight is 334 g/mol. The van der Waals surface area contributed by atoms with Crippen LogP contribution in [-0.2, 0) is 27.7 Å². The Hall–Kier alpha value is -2.36. The van der Waals surface area contributed by atoms with Crippen molar-refractivity contribution in [3.63, 3.8) is 0 Å². The van der Waals surface area contributed by atoms with Gasteiger partial charge in [0.25, 0.3) is 0 Å². The van der Waals surface area contributed by atoms with Crippen molar-refractivity contribution in [2.45, 2.75) is 19.0 Å². The molecule has 0 aliphatic heterocycles. The molecule has 0 unspecified atom stereocenters. The van der Waals surface area contributed by atoms with Crippen molar-refractivity contribution in [2.24, 2.45) is 0 Å². The van der Waals surface area contributed by atoms with Crippen LogP contribution in [0, 0.1) is 0 Å². The monoisotopic (exact) mass is 334 g/mol. The summed E-state index contributed by atoms with van der Waals surface area (Å²) in [6.07, 6.45) is -4.81. The van der Waals surface area contributed by atoms with Gasteiger partial charge in [-0.15, -0.1) is 0 Å². The van der Waals surface area contributed by atoms with E-state index >= 15 is 0 Å². The molecule has 2 heterocycles. The van der Waals surface area contributed by atoms with E-state index in [1.165, 1.54) is 12.1 Å². The Kier molecular flexibility index (Phi) is 4.22. The lowest BCUT2D eigenvalue weighted by molar-refractivity contribution is -0.141. The van der Waals surface area contributed by atoms with E-state index in [4.69, 9.17) is 5.11 Å². The number of aromatic nitrogens is 2. The number of rotatable bonds is 4. The van der Waals surface area contributed by atoms with E-state index in [0.29, 0.717) is 11.2 Å². The number of carboxylic acids is 1. The van der Waals surface area contributed by atoms with E-state index in [1.54, 1.807) is 0 Å². The minimum atomic E-state index is -4.56. The Morgan fingerprint density at radius 1 is 1.32 bits per heavy atom. The lowest BCUT2D eigenvalue weighted by Crippen LogP contribution is -2.14. The molecule has 0 aliphatic carbocycles. The molecule has 0 aromatic carbocycles. The summed E-state index contributed by atoms with van der Waals surface area (Å²) in [5.41, 5.74) is -0.219. The fraction of sp³-hybridized carbons (Fsp3) is 0.250. The van der Waals surface area contributed by atoms with E-state index in [1.807, 2.05) is 0 Å². The molecular weight excluding hydrogens is 325 g/mol. The number of aliphatic carboxylic acids is 1. The largest absolute Gasteiger partial charge is 0.477 e. The number of pyridine rings is 1. The number of carbonyl (C=O) groups is 1. The number of carboxylic acid groups (broad SMARTS) is 1. The number of nitrogens with one attached hydrogen (secondary N) is 1. The minimum absolute atomic E-state index is 0.0212. The molecular formula is C12H9F3N2O4S. The summed E-state index contributed by atoms with van der Waals surface area (Å²) in [6.45, 7) is 0. The van der Waals surface area contributed by atoms with Gasteiger partial charge in [0.1, 0.15) is 5.69 Å². The van der Waals surface area contributed by atoms with Gasteiger partial charge in [0, 0.05) is 5.69 Å². The molecule has 6 nitrogen and oxygen atoms in total. The van der Waals surface area contributed by atoms with Crippen molar-refractivity contribution >= 4 is 32.2 Å². The van der Waals surface area contributed by atoms with Gasteiger partial charge in [-0.1, -0.05) is 0 Å². The molecule has 2 N–H and O–H groups in total. The first-order valence-corrected chi connectivity index (χ1v) is 7.00. The first kappa shape index (κ1) is 16.0. The average Bonchev–Trinajstić information content (AvgIpc) is 2.78. The molecule has 0 atom stereocenters. The Morgan fingerprint density at radius 3 is 2.55 bits per heavy atom. The van der Waals surface area contributed by atoms with Crippen molar-refractivity contribution in [1.82, 2.24) is 9.97 Å². The van der Waals surface area contributed by atoms with E-state index in [2.05, 4.69) is 9.97 Å². The third-order valence-corrected chi connectivity index (χ3v) is 3.66. The fourth-order valence-electron chi connectivity index (χ4n) is 1.87. The molecule has 0 saturated heterocycles. The number of aryl methyl sites for hydroxylation is 1. The molecule has 2 aromatic rings. The molecule has 2 rings (SSSR count). The van der Waals surface area contributed by atoms with Crippen LogP contribution < -0.4 is 0 Å². The summed E-state index contributed by atoms with van der Waals surface area (Å²) >= 11 is 0. The summed E-state index contributed by atoms with van der Waals surface area (Å²) in [6, 6.07) is 3.37. The second kappa shape index (κ2) is 5.79. The quantitative estimate of drug-likeness (QED) is 0.828. The van der Waals surface area contributed by atoms with Gasteiger partial charge in [-0.25, -0.2) is 9.78 Å². The third kappa shape index (κ3) is 3.45. The zero-order valence-electron chi connectivity index (χ0n) is 10.8. The van der Waals surface area contributed by atoms with Crippen LogP contribution >= 0.6 is 0 Å². The minimum Gasteiger partial charge on any atom is -0.477 e. The number of hydrogen-bond acceptors (Lipinski definition) is 4. The summed E-state index contributed by atoms with van der Waals surface area (Å²) in [4.78, 5) is 16.3. The molecule has 0 amide bonds. The Labute approximate surface area is 123 Å². The molecule has 0 fully saturated rings. The number of halogens is 3. The first-order valence-electron chi connectivity index (χ1n) is 5.92. The van der Waals surface area contributed by atoms with Gasteiger partial charge in [0.05, 0.1) is 11.0 Å². The molecule has 0 bridgehead atoms. The topological polar surface area (TPSA) is 100 Å². The smallest absolute Gasteiger partial charge is 0.433 e. The van der Waals surface area contributed by atoms with E-state index in [9.17, 15) is 26.4 Å². The van der Waals surface area contributed by atoms with Crippen LogP contribution in [0.15, 0.2) is 18.2 Å². The second-order valence-corrected chi connectivity index (χ2v) is 5.35. The normalized spacial score (nSPS) is 11.6. The van der Waals surface area contributed by atoms with Gasteiger partial charge < -0.3 is 10.1 Å². The molecule has 0 spiro atoms. The highest BCUT2D eigenvalue weighted by Crippen LogP contribution is 2.29. The zero-order chi connectivity index (χ0) is 16.5. The molecule has 0 aliphatic rings. The molecule has 10 heteroatoms. The number of fused-ring (bicyclic) bond motifs is 1. The van der Waals surface area contributed by atoms with Crippen molar-refractivity contribution < 1.29 is 31.5 Å². The molecule has 118 valence electrons. The van der Waals surface area contributed by atoms with Gasteiger partial charge in [0.15, 0.2) is 4.86 Å². The van der Waals surface area contributed by atoms with Gasteiger partial charge in [-0.3, -0.25) is 0 Å². The predicted molar refractivity (Wildman–Crippen MR) is 71.0 cm³/mol. The molecule has 0 saturated carbocycles. The van der Waals surface area contributed by atoms with Crippen LogP contribution in [0.1, 0.15) is 17.8 Å². The van der Waals surface area contributed by atoms with Gasteiger partial charge in [-0.05, 0) is 31.0 Å². The molecule has 2 aromatic heterocycles. The number of aromatic amines is 1. The van der Waals surface area contributed by atoms with Crippen LogP contribution in [0.4, 0.5) is 13.2 Å². The highest BCUT2D eigenvalue weighted by molar-refractivity contribution is 7.74. The lowest BCUT2D eigenvalue weighted by Gasteiger charge is -2.04. The van der Waals surface area contributed by atoms with E-state index in [-0.39, 0.29) is 18.4 Å². The molecule has 22 heavy (non-hydrogen) atoms. The first-order chi connectivity index (χ1) is 10.2. The second-order valence-electron chi connectivity index (χ2n) is 4.38. The lowest BCUT2D eigenvalue weighted by atomic mass is 10.2. The van der Waals surface area contributed by atoms with Crippen molar-refractivity contribution in [2.75, 3.05) is 0 Å². The zero-order valence-corrected chi connectivity index (χ0v) is 11.6. The van der Waals surface area contributed by atoms with Gasteiger partial charge >= 0.3 is 12.1 Å². The van der Waals surface area contributed by atoms with Crippen LogP contribution in [0.5, 0.6) is 0 Å². The summed E-state index contributed by atoms with van der Waals surface area (Å²) in [5.74, 6) is -1.55. The van der Waals surface area contributed by atoms with Crippen LogP contribution in [0.25, 0.3) is 11.0 Å². The Balaban J connectivity index is 2.27. The standard InChI is InChI=1S/C12H9F3N2O4S/c13-12(14,15)10-4-2-7-8(17-10)5-6(16-7)1-3-9(11(18)19)22(20)21/h2,4-5,16H,1,3H2,(H,18,19). The molecule has 0 radical (unpaired) electrons. The van der Waals surface area contributed by atoms with Crippen molar-refractivity contribution in [3.05, 3.63) is 29.6 Å². The number of nitrogens with zero attached hydrogens (tertiary/aromatic N) is 1. The summed E-state index contributed by atoms with van der Waals surface area (Å²) in [5, 5.41) is 8.71. The highest BCUT2D eigenvalue weighted by atomic mass is 32.2. The van der Waals surface area contributed by atoms with Crippen molar-refractivity contribution in [1.29, 1.82) is 0 Å². The van der Waals surface area contributed by atoms with Crippen LogP contribution in [0.3, 0.4) is 0 Å². The predicted octanol–water partition coefficient (Wildman–Crippen LogP) is 1.65. The number of hydrogen-bond donors (Lipinski definition) is 2. The van der Waals surface area contributed by atoms with E-state index in [0.717, 1.165) is 6.07 Å². The maximum atomic E-state index is 12.5. The number of alkyl halides is 3. The van der Waals surface area contributed by atoms with Gasteiger partial charge in [-0.2, -0.15) is 21.6 Å². The maximum Gasteiger partial charge on any atom is 0.433 e. The summed E-state index contributed by atoms with van der Waals surface area (Å²) < 4.78 is 59.1. The van der Waals surface area contributed by atoms with Crippen molar-refractivity contribution in [3.8, 4) is 0 Å². The Bertz CT molecular complexity index is 860. The van der Waals surface area contributed by atoms with Gasteiger partial charge in [0.2, 0.25) is 10.3 Å². The maximum absolute atomic E-state index is 12.5. The number of H-pyrrole nitrogens is 1. The highest BCUT2D eigenvalue weighted by Gasteiger charge is 2.32. The van der Waals surface area contributed by atoms with E-state index < -0.39 is 33.0 Å². The van der Waals surface area contributed by atoms with Crippen LogP contribution in [0.2, 0.25) is 0 Å². The fourth-order valence-corrected chi connectivity index (χ4v) is 2.28.